The first kappa shape index (κ1) is 19.7. The molecule has 3 aliphatic rings. The summed E-state index contributed by atoms with van der Waals surface area (Å²) in [6, 6.07) is 15.5. The van der Waals surface area contributed by atoms with E-state index in [1.54, 1.807) is 0 Å². The lowest BCUT2D eigenvalue weighted by Gasteiger charge is -2.32. The van der Waals surface area contributed by atoms with Gasteiger partial charge in [0.15, 0.2) is 0 Å². The topological polar surface area (TPSA) is 32.3 Å². The Kier molecular flexibility index (Phi) is 5.66. The van der Waals surface area contributed by atoms with Gasteiger partial charge in [-0.2, -0.15) is 0 Å². The second kappa shape index (κ2) is 8.04. The van der Waals surface area contributed by atoms with E-state index in [-0.39, 0.29) is 18.3 Å². The minimum atomic E-state index is 0. The number of carbonyl (C=O) groups excluding carboxylic acids is 1. The van der Waals surface area contributed by atoms with Crippen molar-refractivity contribution in [2.24, 2.45) is 11.3 Å². The van der Waals surface area contributed by atoms with Gasteiger partial charge < -0.3 is 10.2 Å². The summed E-state index contributed by atoms with van der Waals surface area (Å²) in [5.74, 6) is 0.715. The lowest BCUT2D eigenvalue weighted by atomic mass is 9.91. The summed E-state index contributed by atoms with van der Waals surface area (Å²) in [4.78, 5) is 15.9. The molecular weight excluding hydrogens is 368 g/mol. The first-order valence-electron chi connectivity index (χ1n) is 10.7. The van der Waals surface area contributed by atoms with Crippen molar-refractivity contribution < 1.29 is 4.79 Å². The fraction of sp³-hybridized carbons (Fsp3) is 0.542. The van der Waals surface area contributed by atoms with Gasteiger partial charge in [0.05, 0.1) is 0 Å². The predicted octanol–water partition coefficient (Wildman–Crippen LogP) is 4.92. The second-order valence-electron chi connectivity index (χ2n) is 8.91. The van der Waals surface area contributed by atoms with E-state index < -0.39 is 0 Å². The molecule has 3 nitrogen and oxygen atoms in total. The van der Waals surface area contributed by atoms with Crippen LogP contribution in [0.25, 0.3) is 10.8 Å². The van der Waals surface area contributed by atoms with E-state index in [1.807, 2.05) is 0 Å². The number of amides is 1. The number of hydrogen-bond acceptors (Lipinski definition) is 2. The third-order valence-corrected chi connectivity index (χ3v) is 7.36. The van der Waals surface area contributed by atoms with Crippen molar-refractivity contribution in [1.82, 2.24) is 10.2 Å². The van der Waals surface area contributed by atoms with E-state index in [9.17, 15) is 4.79 Å². The number of hydrogen-bond donors (Lipinski definition) is 1. The van der Waals surface area contributed by atoms with Gasteiger partial charge in [-0.25, -0.2) is 0 Å². The van der Waals surface area contributed by atoms with E-state index in [0.717, 1.165) is 26.1 Å². The van der Waals surface area contributed by atoms with Crippen molar-refractivity contribution in [2.75, 3.05) is 13.1 Å². The van der Waals surface area contributed by atoms with Crippen LogP contribution in [0.1, 0.15) is 50.5 Å². The molecule has 0 radical (unpaired) electrons. The van der Waals surface area contributed by atoms with Gasteiger partial charge in [0.25, 0.3) is 0 Å². The Morgan fingerprint density at radius 1 is 1.04 bits per heavy atom. The number of rotatable bonds is 4. The number of piperidine rings is 1. The molecular formula is C24H31ClN2O. The molecule has 1 N–H and O–H groups in total. The zero-order chi connectivity index (χ0) is 18.3. The van der Waals surface area contributed by atoms with E-state index in [1.165, 1.54) is 54.9 Å². The van der Waals surface area contributed by atoms with Gasteiger partial charge in [-0.1, -0.05) is 55.3 Å². The summed E-state index contributed by atoms with van der Waals surface area (Å²) < 4.78 is 0. The highest BCUT2D eigenvalue weighted by Crippen LogP contribution is 2.59. The van der Waals surface area contributed by atoms with Crippen LogP contribution in [0.15, 0.2) is 42.5 Å². The Morgan fingerprint density at radius 3 is 2.54 bits per heavy atom. The molecule has 28 heavy (non-hydrogen) atoms. The second-order valence-corrected chi connectivity index (χ2v) is 8.91. The molecule has 2 aromatic carbocycles. The van der Waals surface area contributed by atoms with Crippen molar-refractivity contribution in [1.29, 1.82) is 0 Å². The molecule has 1 unspecified atom stereocenters. The molecule has 1 saturated heterocycles. The number of fused-ring (bicyclic) bond motifs is 1. The maximum Gasteiger partial charge on any atom is 0.226 e. The molecule has 2 aromatic rings. The zero-order valence-electron chi connectivity index (χ0n) is 16.5. The van der Waals surface area contributed by atoms with Gasteiger partial charge in [0.1, 0.15) is 0 Å². The van der Waals surface area contributed by atoms with Crippen LogP contribution >= 0.6 is 12.4 Å². The molecule has 150 valence electrons. The Labute approximate surface area is 174 Å². The van der Waals surface area contributed by atoms with Crippen LogP contribution in [0.2, 0.25) is 0 Å². The van der Waals surface area contributed by atoms with Crippen molar-refractivity contribution >= 4 is 29.1 Å². The Balaban J connectivity index is 0.00000192. The predicted molar refractivity (Wildman–Crippen MR) is 117 cm³/mol. The van der Waals surface area contributed by atoms with Crippen LogP contribution < -0.4 is 5.32 Å². The largest absolute Gasteiger partial charge is 0.335 e. The molecule has 4 heteroatoms. The average Bonchev–Trinajstić information content (AvgIpc) is 3.14. The highest BCUT2D eigenvalue weighted by molar-refractivity contribution is 5.87. The molecule has 1 amide bonds. The molecule has 2 aliphatic carbocycles. The van der Waals surface area contributed by atoms with Crippen LogP contribution in [0, 0.1) is 11.3 Å². The van der Waals surface area contributed by atoms with Crippen molar-refractivity contribution in [3.8, 4) is 0 Å². The number of benzene rings is 2. The smallest absolute Gasteiger partial charge is 0.226 e. The van der Waals surface area contributed by atoms with Crippen LogP contribution in [-0.2, 0) is 11.3 Å². The fourth-order valence-electron chi connectivity index (χ4n) is 5.59. The Morgan fingerprint density at radius 2 is 1.75 bits per heavy atom. The minimum Gasteiger partial charge on any atom is -0.335 e. The fourth-order valence-corrected chi connectivity index (χ4v) is 5.59. The highest BCUT2D eigenvalue weighted by atomic mass is 35.5. The maximum atomic E-state index is 13.6. The molecule has 1 atom stereocenters. The Hall–Kier alpha value is -1.58. The molecule has 1 aliphatic heterocycles. The first-order chi connectivity index (χ1) is 13.3. The van der Waals surface area contributed by atoms with Gasteiger partial charge in [-0.05, 0) is 66.9 Å². The van der Waals surface area contributed by atoms with Crippen molar-refractivity contribution in [3.05, 3.63) is 48.0 Å². The molecule has 1 spiro atoms. The van der Waals surface area contributed by atoms with Gasteiger partial charge >= 0.3 is 0 Å². The third kappa shape index (κ3) is 3.55. The summed E-state index contributed by atoms with van der Waals surface area (Å²) in [6.45, 7) is 2.93. The standard InChI is InChI=1S/C24H30N2O.ClH/c27-23(22-16-24(22)12-14-25-15-13-24)26(20-9-2-3-10-20)17-19-8-5-7-18-6-1-4-11-21(18)19;/h1,4-8,11,20,22,25H,2-3,9-10,12-17H2;1H. The maximum absolute atomic E-state index is 13.6. The molecule has 0 aromatic heterocycles. The summed E-state index contributed by atoms with van der Waals surface area (Å²) >= 11 is 0. The lowest BCUT2D eigenvalue weighted by Crippen LogP contribution is -2.41. The molecule has 2 saturated carbocycles. The molecule has 1 heterocycles. The van der Waals surface area contributed by atoms with E-state index in [2.05, 4.69) is 52.7 Å². The molecule has 3 fully saturated rings. The SMILES string of the molecule is Cl.O=C(C1CC12CCNCC2)N(Cc1cccc2ccccc12)C1CCCC1. The number of nitrogens with zero attached hydrogens (tertiary/aromatic N) is 1. The summed E-state index contributed by atoms with van der Waals surface area (Å²) in [6.07, 6.45) is 8.36. The number of carbonyl (C=O) groups is 1. The van der Waals surface area contributed by atoms with Gasteiger partial charge in [0, 0.05) is 18.5 Å². The van der Waals surface area contributed by atoms with Crippen molar-refractivity contribution in [2.45, 2.75) is 57.5 Å². The summed E-state index contributed by atoms with van der Waals surface area (Å²) in [5.41, 5.74) is 1.62. The average molecular weight is 399 g/mol. The van der Waals surface area contributed by atoms with E-state index in [0.29, 0.717) is 17.4 Å². The molecule has 5 rings (SSSR count). The number of halogens is 1. The Bertz CT molecular complexity index is 834. The summed E-state index contributed by atoms with van der Waals surface area (Å²) in [7, 11) is 0. The first-order valence-corrected chi connectivity index (χ1v) is 10.7. The summed E-state index contributed by atoms with van der Waals surface area (Å²) in [5, 5.41) is 6.03. The van der Waals surface area contributed by atoms with Gasteiger partial charge in [-0.15, -0.1) is 12.4 Å². The van der Waals surface area contributed by atoms with Crippen LogP contribution in [0.5, 0.6) is 0 Å². The lowest BCUT2D eigenvalue weighted by molar-refractivity contribution is -0.136. The quantitative estimate of drug-likeness (QED) is 0.792. The zero-order valence-corrected chi connectivity index (χ0v) is 17.3. The molecule has 0 bridgehead atoms. The van der Waals surface area contributed by atoms with Gasteiger partial charge in [-0.3, -0.25) is 4.79 Å². The monoisotopic (exact) mass is 398 g/mol. The van der Waals surface area contributed by atoms with E-state index >= 15 is 0 Å². The van der Waals surface area contributed by atoms with Crippen LogP contribution in [-0.4, -0.2) is 29.9 Å². The van der Waals surface area contributed by atoms with Gasteiger partial charge in [0.2, 0.25) is 5.91 Å². The third-order valence-electron chi connectivity index (χ3n) is 7.36. The normalized spacial score (nSPS) is 23.5. The van der Waals surface area contributed by atoms with E-state index in [4.69, 9.17) is 0 Å². The van der Waals surface area contributed by atoms with Crippen LogP contribution in [0.3, 0.4) is 0 Å². The number of nitrogens with one attached hydrogen (secondary N) is 1. The van der Waals surface area contributed by atoms with Crippen molar-refractivity contribution in [3.63, 3.8) is 0 Å². The minimum absolute atomic E-state index is 0. The highest BCUT2D eigenvalue weighted by Gasteiger charge is 2.59. The van der Waals surface area contributed by atoms with Crippen LogP contribution in [0.4, 0.5) is 0 Å².